The molecule has 3 aromatic heterocycles. The summed E-state index contributed by atoms with van der Waals surface area (Å²) in [4.78, 5) is 24.8. The van der Waals surface area contributed by atoms with Gasteiger partial charge in [0.15, 0.2) is 11.3 Å². The van der Waals surface area contributed by atoms with Crippen molar-refractivity contribution in [2.24, 2.45) is 0 Å². The minimum atomic E-state index is -4.56. The number of benzene rings is 1. The van der Waals surface area contributed by atoms with Gasteiger partial charge in [-0.15, -0.1) is 0 Å². The number of carbonyl (C=O) groups is 1. The van der Waals surface area contributed by atoms with Crippen LogP contribution in [-0.4, -0.2) is 50.8 Å². The summed E-state index contributed by atoms with van der Waals surface area (Å²) in [6.07, 6.45) is -2.07. The second kappa shape index (κ2) is 9.20. The van der Waals surface area contributed by atoms with Crippen LogP contribution in [0.15, 0.2) is 55.0 Å². The molecule has 12 heteroatoms. The number of alkyl halides is 3. The van der Waals surface area contributed by atoms with Crippen LogP contribution < -0.4 is 10.1 Å². The van der Waals surface area contributed by atoms with Gasteiger partial charge in [-0.25, -0.2) is 19.5 Å². The van der Waals surface area contributed by atoms with Gasteiger partial charge in [-0.2, -0.15) is 18.3 Å². The molecule has 0 aliphatic carbocycles. The fraction of sp³-hybridized carbons (Fsp3) is 0.190. The number of nitrogens with zero attached hydrogens (tertiary/aromatic N) is 5. The fourth-order valence-electron chi connectivity index (χ4n) is 3.02. The molecule has 0 saturated heterocycles. The zero-order valence-corrected chi connectivity index (χ0v) is 17.2. The molecule has 33 heavy (non-hydrogen) atoms. The quantitative estimate of drug-likeness (QED) is 0.423. The number of nitrogens with one attached hydrogen (secondary N) is 1. The molecule has 9 nitrogen and oxygen atoms in total. The number of ether oxygens (including phenoxy) is 2. The van der Waals surface area contributed by atoms with Crippen LogP contribution in [0.3, 0.4) is 0 Å². The van der Waals surface area contributed by atoms with Crippen molar-refractivity contribution in [3.05, 3.63) is 66.2 Å². The molecule has 0 bridgehead atoms. The Morgan fingerprint density at radius 2 is 1.91 bits per heavy atom. The van der Waals surface area contributed by atoms with Crippen molar-refractivity contribution in [2.75, 3.05) is 25.6 Å². The summed E-state index contributed by atoms with van der Waals surface area (Å²) in [5.41, 5.74) is -0.597. The summed E-state index contributed by atoms with van der Waals surface area (Å²) in [6.45, 7) is 0.624. The van der Waals surface area contributed by atoms with E-state index in [-0.39, 0.29) is 35.3 Å². The molecule has 0 aliphatic rings. The number of aromatic nitrogens is 5. The average Bonchev–Trinajstić information content (AvgIpc) is 3.22. The smallest absolute Gasteiger partial charge is 0.417 e. The van der Waals surface area contributed by atoms with Crippen LogP contribution in [0.4, 0.5) is 19.0 Å². The Balaban J connectivity index is 1.63. The van der Waals surface area contributed by atoms with Gasteiger partial charge in [0.25, 0.3) is 5.91 Å². The monoisotopic (exact) mass is 458 g/mol. The molecule has 0 fully saturated rings. The molecule has 3 heterocycles. The molecule has 0 atom stereocenters. The second-order valence-corrected chi connectivity index (χ2v) is 6.71. The lowest BCUT2D eigenvalue weighted by atomic mass is 10.0. The average molecular weight is 458 g/mol. The highest BCUT2D eigenvalue weighted by Crippen LogP contribution is 2.36. The van der Waals surface area contributed by atoms with E-state index in [1.807, 2.05) is 0 Å². The van der Waals surface area contributed by atoms with Gasteiger partial charge in [-0.1, -0.05) is 18.2 Å². The number of rotatable bonds is 7. The topological polar surface area (TPSA) is 104 Å². The van der Waals surface area contributed by atoms with E-state index in [9.17, 15) is 18.0 Å². The number of amides is 1. The number of methoxy groups -OCH3 is 1. The lowest BCUT2D eigenvalue weighted by Crippen LogP contribution is -2.17. The van der Waals surface area contributed by atoms with E-state index in [2.05, 4.69) is 25.4 Å². The van der Waals surface area contributed by atoms with Gasteiger partial charge >= 0.3 is 6.18 Å². The molecular weight excluding hydrogens is 441 g/mol. The van der Waals surface area contributed by atoms with E-state index < -0.39 is 17.6 Å². The van der Waals surface area contributed by atoms with E-state index in [1.54, 1.807) is 0 Å². The number of hydrogen-bond donors (Lipinski definition) is 1. The minimum absolute atomic E-state index is 0.0109. The van der Waals surface area contributed by atoms with Crippen molar-refractivity contribution < 1.29 is 27.4 Å². The third kappa shape index (κ3) is 4.90. The van der Waals surface area contributed by atoms with Gasteiger partial charge in [0.05, 0.1) is 24.1 Å². The maximum atomic E-state index is 13.4. The standard InChI is InChI=1S/C21H17F3N6O3/c1-32-8-9-33-19-10-17(26-12-27-19)28-20(31)16-11-25-18-7-6-15(29-30(16)18)13-4-2-3-5-14(13)21(22,23)24/h2-7,10-12H,8-9H2,1H3,(H,26,27,28,31). The summed E-state index contributed by atoms with van der Waals surface area (Å²) in [5.74, 6) is -0.214. The van der Waals surface area contributed by atoms with Crippen molar-refractivity contribution in [3.63, 3.8) is 0 Å². The number of hydrogen-bond acceptors (Lipinski definition) is 7. The minimum Gasteiger partial charge on any atom is -0.475 e. The van der Waals surface area contributed by atoms with Crippen LogP contribution >= 0.6 is 0 Å². The van der Waals surface area contributed by atoms with Crippen LogP contribution in [0, 0.1) is 0 Å². The molecule has 1 amide bonds. The number of fused-ring (bicyclic) bond motifs is 1. The number of carbonyl (C=O) groups excluding carboxylic acids is 1. The van der Waals surface area contributed by atoms with Crippen LogP contribution in [-0.2, 0) is 10.9 Å². The Morgan fingerprint density at radius 1 is 1.09 bits per heavy atom. The SMILES string of the molecule is COCCOc1cc(NC(=O)c2cnc3ccc(-c4ccccc4C(F)(F)F)nn23)ncn1. The first kappa shape index (κ1) is 22.1. The normalized spacial score (nSPS) is 11.5. The molecule has 170 valence electrons. The predicted molar refractivity (Wildman–Crippen MR) is 111 cm³/mol. The number of anilines is 1. The van der Waals surface area contributed by atoms with Gasteiger partial charge in [0.2, 0.25) is 5.88 Å². The van der Waals surface area contributed by atoms with Crippen LogP contribution in [0.1, 0.15) is 16.1 Å². The summed E-state index contributed by atoms with van der Waals surface area (Å²) < 4.78 is 51.7. The first-order chi connectivity index (χ1) is 15.9. The molecular formula is C21H17F3N6O3. The molecule has 0 spiro atoms. The van der Waals surface area contributed by atoms with Crippen molar-refractivity contribution >= 4 is 17.4 Å². The van der Waals surface area contributed by atoms with Crippen molar-refractivity contribution in [2.45, 2.75) is 6.18 Å². The lowest BCUT2D eigenvalue weighted by molar-refractivity contribution is -0.137. The Labute approximate surface area is 185 Å². The lowest BCUT2D eigenvalue weighted by Gasteiger charge is -2.12. The molecule has 4 rings (SSSR count). The van der Waals surface area contributed by atoms with Gasteiger partial charge in [0.1, 0.15) is 18.8 Å². The van der Waals surface area contributed by atoms with E-state index in [0.717, 1.165) is 6.07 Å². The van der Waals surface area contributed by atoms with E-state index in [1.165, 1.54) is 60.5 Å². The van der Waals surface area contributed by atoms with Crippen molar-refractivity contribution in [1.82, 2.24) is 24.6 Å². The Morgan fingerprint density at radius 3 is 2.70 bits per heavy atom. The van der Waals surface area contributed by atoms with Gasteiger partial charge in [-0.3, -0.25) is 4.79 Å². The Kier molecular flexibility index (Phi) is 6.18. The second-order valence-electron chi connectivity index (χ2n) is 6.71. The Bertz CT molecular complexity index is 1290. The van der Waals surface area contributed by atoms with Crippen LogP contribution in [0.2, 0.25) is 0 Å². The van der Waals surface area contributed by atoms with Gasteiger partial charge in [-0.05, 0) is 18.2 Å². The third-order valence-electron chi connectivity index (χ3n) is 4.52. The zero-order chi connectivity index (χ0) is 23.4. The number of halogens is 3. The first-order valence-electron chi connectivity index (χ1n) is 9.63. The van der Waals surface area contributed by atoms with E-state index in [0.29, 0.717) is 12.3 Å². The molecule has 0 unspecified atom stereocenters. The zero-order valence-electron chi connectivity index (χ0n) is 17.2. The summed E-state index contributed by atoms with van der Waals surface area (Å²) in [6, 6.07) is 9.41. The first-order valence-corrected chi connectivity index (χ1v) is 9.63. The third-order valence-corrected chi connectivity index (χ3v) is 4.52. The van der Waals surface area contributed by atoms with E-state index >= 15 is 0 Å². The highest BCUT2D eigenvalue weighted by molar-refractivity contribution is 6.02. The Hall–Kier alpha value is -4.06. The molecule has 4 aromatic rings. The molecule has 0 radical (unpaired) electrons. The fourth-order valence-corrected chi connectivity index (χ4v) is 3.02. The van der Waals surface area contributed by atoms with E-state index in [4.69, 9.17) is 9.47 Å². The van der Waals surface area contributed by atoms with Crippen molar-refractivity contribution in [1.29, 1.82) is 0 Å². The maximum Gasteiger partial charge on any atom is 0.417 e. The molecule has 0 saturated carbocycles. The molecule has 0 aliphatic heterocycles. The largest absolute Gasteiger partial charge is 0.475 e. The van der Waals surface area contributed by atoms with Gasteiger partial charge in [0, 0.05) is 18.7 Å². The van der Waals surface area contributed by atoms with Crippen molar-refractivity contribution in [3.8, 4) is 17.1 Å². The summed E-state index contributed by atoms with van der Waals surface area (Å²) >= 11 is 0. The summed E-state index contributed by atoms with van der Waals surface area (Å²) in [7, 11) is 1.53. The van der Waals surface area contributed by atoms with Crippen LogP contribution in [0.25, 0.3) is 16.9 Å². The maximum absolute atomic E-state index is 13.4. The molecule has 1 N–H and O–H groups in total. The van der Waals surface area contributed by atoms with Gasteiger partial charge < -0.3 is 14.8 Å². The predicted octanol–water partition coefficient (Wildman–Crippen LogP) is 3.48. The molecule has 1 aromatic carbocycles. The van der Waals surface area contributed by atoms with Crippen LogP contribution in [0.5, 0.6) is 5.88 Å². The highest BCUT2D eigenvalue weighted by atomic mass is 19.4. The number of imidazole rings is 1. The highest BCUT2D eigenvalue weighted by Gasteiger charge is 2.33. The summed E-state index contributed by atoms with van der Waals surface area (Å²) in [5, 5.41) is 6.81.